The van der Waals surface area contributed by atoms with E-state index in [-0.39, 0.29) is 5.91 Å². The minimum absolute atomic E-state index is 0.0884. The average molecular weight is 500 g/mol. The van der Waals surface area contributed by atoms with Gasteiger partial charge in [-0.1, -0.05) is 18.2 Å². The molecule has 3 N–H and O–H groups in total. The maximum atomic E-state index is 11.6. The molecule has 2 aliphatic rings. The van der Waals surface area contributed by atoms with Gasteiger partial charge >= 0.3 is 11.9 Å². The SMILES string of the molecule is COc1ccccc1N1CCN(CCCCOc2ccc3c(c2)NC(=O)CC3)CC1.O=C(O)C(=O)O. The van der Waals surface area contributed by atoms with Gasteiger partial charge in [-0.15, -0.1) is 0 Å². The second-order valence-corrected chi connectivity index (χ2v) is 8.53. The molecule has 0 saturated carbocycles. The highest BCUT2D eigenvalue weighted by atomic mass is 16.5. The molecule has 36 heavy (non-hydrogen) atoms. The fourth-order valence-corrected chi connectivity index (χ4v) is 4.17. The molecule has 2 aromatic carbocycles. The third-order valence-corrected chi connectivity index (χ3v) is 6.10. The number of carbonyl (C=O) groups is 3. The van der Waals surface area contributed by atoms with E-state index in [0.29, 0.717) is 13.0 Å². The first-order valence-electron chi connectivity index (χ1n) is 12.0. The van der Waals surface area contributed by atoms with E-state index >= 15 is 0 Å². The van der Waals surface area contributed by atoms with Crippen LogP contribution in [0.3, 0.4) is 0 Å². The van der Waals surface area contributed by atoms with Gasteiger partial charge in [-0.2, -0.15) is 0 Å². The van der Waals surface area contributed by atoms with Crippen LogP contribution in [0.2, 0.25) is 0 Å². The number of ether oxygens (including phenoxy) is 2. The summed E-state index contributed by atoms with van der Waals surface area (Å²) in [6, 6.07) is 14.3. The number of carboxylic acid groups (broad SMARTS) is 2. The van der Waals surface area contributed by atoms with Crippen molar-refractivity contribution in [1.29, 1.82) is 0 Å². The molecule has 0 unspecified atom stereocenters. The van der Waals surface area contributed by atoms with E-state index in [2.05, 4.69) is 33.3 Å². The number of fused-ring (bicyclic) bond motifs is 1. The number of methoxy groups -OCH3 is 1. The molecule has 0 aromatic heterocycles. The molecule has 10 heteroatoms. The Kier molecular flexibility index (Phi) is 9.93. The molecule has 4 rings (SSSR count). The zero-order chi connectivity index (χ0) is 25.9. The second kappa shape index (κ2) is 13.3. The third kappa shape index (κ3) is 7.88. The van der Waals surface area contributed by atoms with Gasteiger partial charge in [-0.05, 0) is 49.6 Å². The number of nitrogens with one attached hydrogen (secondary N) is 1. The van der Waals surface area contributed by atoms with E-state index in [0.717, 1.165) is 69.2 Å². The monoisotopic (exact) mass is 499 g/mol. The zero-order valence-electron chi connectivity index (χ0n) is 20.4. The second-order valence-electron chi connectivity index (χ2n) is 8.53. The summed E-state index contributed by atoms with van der Waals surface area (Å²) in [4.78, 5) is 34.7. The number of carboxylic acids is 2. The van der Waals surface area contributed by atoms with Crippen LogP contribution in [0.4, 0.5) is 11.4 Å². The van der Waals surface area contributed by atoms with Gasteiger partial charge in [0, 0.05) is 44.4 Å². The van der Waals surface area contributed by atoms with Crippen molar-refractivity contribution in [3.8, 4) is 11.5 Å². The molecular formula is C26H33N3O7. The molecule has 194 valence electrons. The Morgan fingerprint density at radius 2 is 1.69 bits per heavy atom. The largest absolute Gasteiger partial charge is 0.495 e. The number of unbranched alkanes of at least 4 members (excludes halogenated alkanes) is 1. The Morgan fingerprint density at radius 1 is 0.972 bits per heavy atom. The Bertz CT molecular complexity index is 1040. The number of anilines is 2. The molecule has 0 aliphatic carbocycles. The summed E-state index contributed by atoms with van der Waals surface area (Å²) in [7, 11) is 1.73. The third-order valence-electron chi connectivity index (χ3n) is 6.10. The molecule has 0 spiro atoms. The van der Waals surface area contributed by atoms with Crippen molar-refractivity contribution >= 4 is 29.2 Å². The number of aryl methyl sites for hydroxylation is 1. The number of nitrogens with zero attached hydrogens (tertiary/aromatic N) is 2. The van der Waals surface area contributed by atoms with E-state index in [1.54, 1.807) is 7.11 Å². The molecule has 10 nitrogen and oxygen atoms in total. The van der Waals surface area contributed by atoms with Crippen molar-refractivity contribution in [2.24, 2.45) is 0 Å². The van der Waals surface area contributed by atoms with Gasteiger partial charge in [0.05, 0.1) is 19.4 Å². The van der Waals surface area contributed by atoms with E-state index in [9.17, 15) is 4.79 Å². The highest BCUT2D eigenvalue weighted by Gasteiger charge is 2.19. The summed E-state index contributed by atoms with van der Waals surface area (Å²) < 4.78 is 11.4. The van der Waals surface area contributed by atoms with Crippen LogP contribution in [0.25, 0.3) is 0 Å². The Balaban J connectivity index is 0.000000538. The summed E-state index contributed by atoms with van der Waals surface area (Å²) in [5.74, 6) is -1.78. The lowest BCUT2D eigenvalue weighted by Gasteiger charge is -2.36. The lowest BCUT2D eigenvalue weighted by Crippen LogP contribution is -2.46. The lowest BCUT2D eigenvalue weighted by atomic mass is 10.0. The summed E-state index contributed by atoms with van der Waals surface area (Å²) in [6.45, 7) is 6.00. The van der Waals surface area contributed by atoms with Gasteiger partial charge in [0.25, 0.3) is 0 Å². The number of piperazine rings is 1. The quantitative estimate of drug-likeness (QED) is 0.371. The minimum atomic E-state index is -1.82. The fraction of sp³-hybridized carbons (Fsp3) is 0.423. The number of rotatable bonds is 8. The molecule has 0 radical (unpaired) electrons. The van der Waals surface area contributed by atoms with Gasteiger partial charge in [0.1, 0.15) is 11.5 Å². The Morgan fingerprint density at radius 3 is 2.39 bits per heavy atom. The average Bonchev–Trinajstić information content (AvgIpc) is 2.89. The summed E-state index contributed by atoms with van der Waals surface area (Å²) in [5.41, 5.74) is 3.28. The van der Waals surface area contributed by atoms with Crippen LogP contribution in [0.15, 0.2) is 42.5 Å². The van der Waals surface area contributed by atoms with Crippen molar-refractivity contribution in [3.63, 3.8) is 0 Å². The van der Waals surface area contributed by atoms with Crippen LogP contribution in [-0.4, -0.2) is 79.4 Å². The summed E-state index contributed by atoms with van der Waals surface area (Å²) in [6.07, 6.45) is 3.53. The standard InChI is InChI=1S/C24H31N3O3.C2H2O4/c1-29-23-7-3-2-6-22(23)27-15-13-26(14-16-27)12-4-5-17-30-20-10-8-19-9-11-24(28)25-21(19)18-20;3-1(4)2(5)6/h2-3,6-8,10,18H,4-5,9,11-17H2,1H3,(H,25,28);(H,3,4)(H,5,6). The van der Waals surface area contributed by atoms with Crippen LogP contribution in [-0.2, 0) is 20.8 Å². The summed E-state index contributed by atoms with van der Waals surface area (Å²) >= 11 is 0. The lowest BCUT2D eigenvalue weighted by molar-refractivity contribution is -0.159. The number of amides is 1. The maximum absolute atomic E-state index is 11.6. The molecule has 2 aromatic rings. The number of benzene rings is 2. The van der Waals surface area contributed by atoms with Crippen LogP contribution in [0, 0.1) is 0 Å². The number of hydrogen-bond acceptors (Lipinski definition) is 7. The molecule has 1 fully saturated rings. The first-order valence-corrected chi connectivity index (χ1v) is 12.0. The zero-order valence-corrected chi connectivity index (χ0v) is 20.4. The summed E-state index contributed by atoms with van der Waals surface area (Å²) in [5, 5.41) is 17.7. The van der Waals surface area contributed by atoms with Crippen molar-refractivity contribution in [1.82, 2.24) is 4.90 Å². The number of carbonyl (C=O) groups excluding carboxylic acids is 1. The normalized spacial score (nSPS) is 15.1. The van der Waals surface area contributed by atoms with E-state index in [1.165, 1.54) is 11.3 Å². The minimum Gasteiger partial charge on any atom is -0.495 e. The van der Waals surface area contributed by atoms with Crippen molar-refractivity contribution < 1.29 is 34.1 Å². The highest BCUT2D eigenvalue weighted by molar-refractivity contribution is 6.27. The van der Waals surface area contributed by atoms with E-state index in [1.807, 2.05) is 24.3 Å². The first-order chi connectivity index (χ1) is 17.4. The van der Waals surface area contributed by atoms with Gasteiger partial charge in [0.2, 0.25) is 5.91 Å². The molecule has 1 saturated heterocycles. The topological polar surface area (TPSA) is 129 Å². The van der Waals surface area contributed by atoms with Gasteiger partial charge in [-0.3, -0.25) is 9.69 Å². The van der Waals surface area contributed by atoms with Gasteiger partial charge in [-0.25, -0.2) is 9.59 Å². The van der Waals surface area contributed by atoms with Gasteiger partial charge < -0.3 is 29.9 Å². The van der Waals surface area contributed by atoms with Crippen molar-refractivity contribution in [2.45, 2.75) is 25.7 Å². The van der Waals surface area contributed by atoms with Crippen molar-refractivity contribution in [2.75, 3.05) is 56.7 Å². The van der Waals surface area contributed by atoms with Crippen LogP contribution < -0.4 is 19.7 Å². The molecule has 0 bridgehead atoms. The number of hydrogen-bond donors (Lipinski definition) is 3. The van der Waals surface area contributed by atoms with Crippen molar-refractivity contribution in [3.05, 3.63) is 48.0 Å². The first kappa shape index (κ1) is 26.8. The molecular weight excluding hydrogens is 466 g/mol. The smallest absolute Gasteiger partial charge is 0.414 e. The highest BCUT2D eigenvalue weighted by Crippen LogP contribution is 2.29. The fourth-order valence-electron chi connectivity index (χ4n) is 4.17. The molecule has 2 heterocycles. The van der Waals surface area contributed by atoms with Gasteiger partial charge in [0.15, 0.2) is 0 Å². The van der Waals surface area contributed by atoms with E-state index in [4.69, 9.17) is 29.3 Å². The Hall–Kier alpha value is -3.79. The Labute approximate surface area is 210 Å². The predicted octanol–water partition coefficient (Wildman–Crippen LogP) is 2.72. The van der Waals surface area contributed by atoms with Crippen LogP contribution >= 0.6 is 0 Å². The number of aliphatic carboxylic acids is 2. The van der Waals surface area contributed by atoms with Crippen LogP contribution in [0.5, 0.6) is 11.5 Å². The van der Waals surface area contributed by atoms with Crippen LogP contribution in [0.1, 0.15) is 24.8 Å². The molecule has 2 aliphatic heterocycles. The molecule has 1 amide bonds. The molecule has 0 atom stereocenters. The predicted molar refractivity (Wildman–Crippen MR) is 135 cm³/mol. The maximum Gasteiger partial charge on any atom is 0.414 e. The number of para-hydroxylation sites is 2. The van der Waals surface area contributed by atoms with E-state index < -0.39 is 11.9 Å².